The molecule has 9 heteroatoms. The summed E-state index contributed by atoms with van der Waals surface area (Å²) in [5.41, 5.74) is 0.901. The quantitative estimate of drug-likeness (QED) is 0.422. The molecule has 3 aromatic rings. The van der Waals surface area contributed by atoms with Crippen LogP contribution in [0.5, 0.6) is 17.2 Å². The molecule has 190 valence electrons. The molecule has 1 N–H and O–H groups in total. The van der Waals surface area contributed by atoms with Crippen LogP contribution < -0.4 is 14.2 Å². The Labute approximate surface area is 209 Å². The maximum absolute atomic E-state index is 13.8. The molecule has 9 nitrogen and oxygen atoms in total. The SMILES string of the molecule is COc1ccc([C@@H]2C(C(=O)c3cc4cccc(OC)c4o3)=C(O)C(=O)N2CCCN(C)C)c(OC)c1. The minimum absolute atomic E-state index is 0.00327. The molecule has 1 aromatic heterocycles. The van der Waals surface area contributed by atoms with Crippen molar-refractivity contribution >= 4 is 22.7 Å². The number of aliphatic hydroxyl groups excluding tert-OH is 1. The van der Waals surface area contributed by atoms with Crippen LogP contribution in [0, 0.1) is 0 Å². The zero-order valence-electron chi connectivity index (χ0n) is 21.0. The van der Waals surface area contributed by atoms with Gasteiger partial charge in [-0.15, -0.1) is 0 Å². The van der Waals surface area contributed by atoms with Gasteiger partial charge in [0.2, 0.25) is 5.78 Å². The van der Waals surface area contributed by atoms with E-state index in [0.717, 1.165) is 6.54 Å². The molecule has 1 aliphatic heterocycles. The number of amides is 1. The summed E-state index contributed by atoms with van der Waals surface area (Å²) in [7, 11) is 8.44. The molecule has 0 aliphatic carbocycles. The maximum Gasteiger partial charge on any atom is 0.290 e. The second kappa shape index (κ2) is 10.3. The molecule has 0 saturated carbocycles. The molecule has 0 unspecified atom stereocenters. The van der Waals surface area contributed by atoms with Gasteiger partial charge in [-0.3, -0.25) is 9.59 Å². The first-order valence-corrected chi connectivity index (χ1v) is 11.5. The molecule has 0 bridgehead atoms. The number of para-hydroxylation sites is 1. The normalized spacial score (nSPS) is 15.8. The van der Waals surface area contributed by atoms with Crippen LogP contribution in [0.25, 0.3) is 11.0 Å². The van der Waals surface area contributed by atoms with Crippen molar-refractivity contribution < 1.29 is 33.3 Å². The van der Waals surface area contributed by atoms with Gasteiger partial charge in [-0.2, -0.15) is 0 Å². The Kier molecular flexibility index (Phi) is 7.21. The molecule has 0 fully saturated rings. The average molecular weight is 495 g/mol. The number of furan rings is 1. The number of carbonyl (C=O) groups excluding carboxylic acids is 2. The first-order valence-electron chi connectivity index (χ1n) is 11.5. The van der Waals surface area contributed by atoms with Crippen LogP contribution in [-0.4, -0.2) is 75.1 Å². The maximum atomic E-state index is 13.8. The molecule has 1 amide bonds. The summed E-state index contributed by atoms with van der Waals surface area (Å²) in [5, 5.41) is 11.6. The lowest BCUT2D eigenvalue weighted by atomic mass is 9.94. The molecule has 2 aromatic carbocycles. The molecule has 1 atom stereocenters. The van der Waals surface area contributed by atoms with Gasteiger partial charge in [0.05, 0.1) is 32.9 Å². The molecule has 36 heavy (non-hydrogen) atoms. The Bertz CT molecular complexity index is 1320. The predicted octanol–water partition coefficient (Wildman–Crippen LogP) is 3.99. The van der Waals surface area contributed by atoms with E-state index in [9.17, 15) is 14.7 Å². The van der Waals surface area contributed by atoms with Crippen molar-refractivity contribution in [2.45, 2.75) is 12.5 Å². The van der Waals surface area contributed by atoms with Crippen LogP contribution in [0.2, 0.25) is 0 Å². The van der Waals surface area contributed by atoms with Crippen LogP contribution in [0.4, 0.5) is 0 Å². The van der Waals surface area contributed by atoms with Crippen LogP contribution in [0.3, 0.4) is 0 Å². The van der Waals surface area contributed by atoms with Gasteiger partial charge in [0.1, 0.15) is 11.5 Å². The van der Waals surface area contributed by atoms with Crippen LogP contribution >= 0.6 is 0 Å². The first-order chi connectivity index (χ1) is 17.3. The van der Waals surface area contributed by atoms with Crippen molar-refractivity contribution in [1.82, 2.24) is 9.80 Å². The number of aliphatic hydroxyl groups is 1. The monoisotopic (exact) mass is 494 g/mol. The zero-order chi connectivity index (χ0) is 26.0. The molecule has 2 heterocycles. The van der Waals surface area contributed by atoms with Crippen LogP contribution in [0.1, 0.15) is 28.6 Å². The third-order valence-corrected chi connectivity index (χ3v) is 6.24. The minimum Gasteiger partial charge on any atom is -0.503 e. The van der Waals surface area contributed by atoms with E-state index in [1.165, 1.54) is 26.2 Å². The lowest BCUT2D eigenvalue weighted by Crippen LogP contribution is -2.33. The van der Waals surface area contributed by atoms with Crippen LogP contribution in [0.15, 0.2) is 58.2 Å². The largest absolute Gasteiger partial charge is 0.503 e. The number of rotatable bonds is 10. The third kappa shape index (κ3) is 4.49. The van der Waals surface area contributed by atoms with E-state index >= 15 is 0 Å². The highest BCUT2D eigenvalue weighted by atomic mass is 16.5. The summed E-state index contributed by atoms with van der Waals surface area (Å²) in [6.45, 7) is 1.05. The van der Waals surface area contributed by atoms with Gasteiger partial charge in [-0.1, -0.05) is 12.1 Å². The zero-order valence-corrected chi connectivity index (χ0v) is 21.0. The van der Waals surface area contributed by atoms with Gasteiger partial charge >= 0.3 is 0 Å². The lowest BCUT2D eigenvalue weighted by Gasteiger charge is -2.28. The molecule has 0 radical (unpaired) electrons. The number of benzene rings is 2. The van der Waals surface area contributed by atoms with E-state index in [0.29, 0.717) is 46.7 Å². The van der Waals surface area contributed by atoms with Gasteiger partial charge in [-0.25, -0.2) is 0 Å². The van der Waals surface area contributed by atoms with E-state index < -0.39 is 23.5 Å². The second-order valence-corrected chi connectivity index (χ2v) is 8.75. The fourth-order valence-electron chi connectivity index (χ4n) is 4.48. The summed E-state index contributed by atoms with van der Waals surface area (Å²) in [6, 6.07) is 11.2. The van der Waals surface area contributed by atoms with E-state index in [1.807, 2.05) is 19.0 Å². The Morgan fingerprint density at radius 2 is 1.81 bits per heavy atom. The van der Waals surface area contributed by atoms with E-state index in [-0.39, 0.29) is 11.3 Å². The van der Waals surface area contributed by atoms with Crippen molar-refractivity contribution in [2.75, 3.05) is 48.5 Å². The molecule has 0 spiro atoms. The number of fused-ring (bicyclic) bond motifs is 1. The van der Waals surface area contributed by atoms with E-state index in [4.69, 9.17) is 18.6 Å². The van der Waals surface area contributed by atoms with Gasteiger partial charge in [-0.05, 0) is 51.3 Å². The third-order valence-electron chi connectivity index (χ3n) is 6.24. The number of carbonyl (C=O) groups is 2. The summed E-state index contributed by atoms with van der Waals surface area (Å²) in [4.78, 5) is 30.5. The molecular formula is C27H30N2O7. The predicted molar refractivity (Wildman–Crippen MR) is 134 cm³/mol. The number of ether oxygens (including phenoxy) is 3. The highest BCUT2D eigenvalue weighted by Crippen LogP contribution is 2.44. The van der Waals surface area contributed by atoms with Gasteiger partial charge < -0.3 is 33.5 Å². The van der Waals surface area contributed by atoms with Crippen molar-refractivity contribution in [3.05, 3.63) is 65.1 Å². The topological polar surface area (TPSA) is 102 Å². The number of hydrogen-bond acceptors (Lipinski definition) is 8. The number of methoxy groups -OCH3 is 3. The smallest absolute Gasteiger partial charge is 0.290 e. The molecular weight excluding hydrogens is 464 g/mol. The number of nitrogens with zero attached hydrogens (tertiary/aromatic N) is 2. The average Bonchev–Trinajstić information content (AvgIpc) is 3.42. The van der Waals surface area contributed by atoms with Crippen molar-refractivity contribution in [2.24, 2.45) is 0 Å². The fraction of sp³-hybridized carbons (Fsp3) is 0.333. The van der Waals surface area contributed by atoms with Gasteiger partial charge in [0.25, 0.3) is 5.91 Å². The Morgan fingerprint density at radius 3 is 2.47 bits per heavy atom. The van der Waals surface area contributed by atoms with E-state index in [1.54, 1.807) is 42.5 Å². The van der Waals surface area contributed by atoms with Crippen molar-refractivity contribution in [1.29, 1.82) is 0 Å². The number of hydrogen-bond donors (Lipinski definition) is 1. The molecule has 0 saturated heterocycles. The Hall–Kier alpha value is -3.98. The molecule has 4 rings (SSSR count). The standard InChI is InChI=1S/C27H30N2O7/c1-28(2)12-7-13-29-23(18-11-10-17(33-3)15-20(18)35-5)22(25(31)27(29)32)24(30)21-14-16-8-6-9-19(34-4)26(16)36-21/h6,8-11,14-15,23,31H,7,12-13H2,1-5H3/t23-/m1/s1. The minimum atomic E-state index is -0.872. The molecule has 1 aliphatic rings. The van der Waals surface area contributed by atoms with E-state index in [2.05, 4.69) is 0 Å². The first kappa shape index (κ1) is 25.1. The summed E-state index contributed by atoms with van der Waals surface area (Å²) in [5.74, 6) is -0.339. The summed E-state index contributed by atoms with van der Waals surface area (Å²) >= 11 is 0. The second-order valence-electron chi connectivity index (χ2n) is 8.75. The van der Waals surface area contributed by atoms with Gasteiger partial charge in [0, 0.05) is 23.6 Å². The highest BCUT2D eigenvalue weighted by Gasteiger charge is 2.45. The summed E-state index contributed by atoms with van der Waals surface area (Å²) in [6.07, 6.45) is 0.643. The fourth-order valence-corrected chi connectivity index (χ4v) is 4.48. The number of ketones is 1. The number of Topliss-reactive ketones (excluding diaryl/α,β-unsaturated/α-hetero) is 1. The van der Waals surface area contributed by atoms with Crippen molar-refractivity contribution in [3.8, 4) is 17.2 Å². The van der Waals surface area contributed by atoms with Gasteiger partial charge in [0.15, 0.2) is 22.9 Å². The lowest BCUT2D eigenvalue weighted by molar-refractivity contribution is -0.129. The highest BCUT2D eigenvalue weighted by molar-refractivity contribution is 6.16. The Morgan fingerprint density at radius 1 is 1.06 bits per heavy atom. The van der Waals surface area contributed by atoms with Crippen LogP contribution in [-0.2, 0) is 4.79 Å². The summed E-state index contributed by atoms with van der Waals surface area (Å²) < 4.78 is 22.1. The Balaban J connectivity index is 1.82. The van der Waals surface area contributed by atoms with Crippen molar-refractivity contribution in [3.63, 3.8) is 0 Å².